The first-order chi connectivity index (χ1) is 7.38. The van der Waals surface area contributed by atoms with E-state index in [-0.39, 0.29) is 0 Å². The zero-order chi connectivity index (χ0) is 10.5. The zero-order valence-electron chi connectivity index (χ0n) is 9.06. The Morgan fingerprint density at radius 3 is 3.27 bits per heavy atom. The third-order valence-corrected chi connectivity index (χ3v) is 2.82. The predicted molar refractivity (Wildman–Crippen MR) is 58.6 cm³/mol. The van der Waals surface area contributed by atoms with Gasteiger partial charge in [0.1, 0.15) is 0 Å². The summed E-state index contributed by atoms with van der Waals surface area (Å²) in [6.45, 7) is 2.61. The van der Waals surface area contributed by atoms with Crippen molar-refractivity contribution in [2.45, 2.75) is 38.3 Å². The van der Waals surface area contributed by atoms with Crippen molar-refractivity contribution in [3.63, 3.8) is 0 Å². The number of hydrogen-bond acceptors (Lipinski definition) is 3. The molecule has 0 radical (unpaired) electrons. The van der Waals surface area contributed by atoms with E-state index < -0.39 is 0 Å². The molecule has 0 spiro atoms. The van der Waals surface area contributed by atoms with Crippen LogP contribution >= 0.6 is 0 Å². The number of aryl methyl sites for hydroxylation is 1. The van der Waals surface area contributed by atoms with Gasteiger partial charge in [-0.3, -0.25) is 0 Å². The molecule has 2 heterocycles. The summed E-state index contributed by atoms with van der Waals surface area (Å²) in [5, 5.41) is 0. The lowest BCUT2D eigenvalue weighted by molar-refractivity contribution is 0.100. The molecule has 0 amide bonds. The molecule has 4 heteroatoms. The van der Waals surface area contributed by atoms with Crippen molar-refractivity contribution in [3.8, 4) is 0 Å². The monoisotopic (exact) mass is 209 g/mol. The first-order valence-electron chi connectivity index (χ1n) is 5.71. The van der Waals surface area contributed by atoms with E-state index in [1.54, 1.807) is 0 Å². The van der Waals surface area contributed by atoms with Gasteiger partial charge in [-0.1, -0.05) is 0 Å². The molecule has 0 aromatic carbocycles. The van der Waals surface area contributed by atoms with E-state index in [0.29, 0.717) is 12.6 Å². The Morgan fingerprint density at radius 1 is 1.60 bits per heavy atom. The standard InChI is InChI=1S/C11H19N3O/c12-5-3-10-8-14(9-13-10)6-4-11-2-1-7-15-11/h8-9,11H,1-7,12H2. The maximum atomic E-state index is 5.58. The first-order valence-corrected chi connectivity index (χ1v) is 5.71. The van der Waals surface area contributed by atoms with Crippen LogP contribution in [0.15, 0.2) is 12.5 Å². The summed E-state index contributed by atoms with van der Waals surface area (Å²) in [5.41, 5.74) is 6.56. The van der Waals surface area contributed by atoms with Crippen LogP contribution in [0.2, 0.25) is 0 Å². The molecule has 1 aromatic heterocycles. The van der Waals surface area contributed by atoms with E-state index >= 15 is 0 Å². The number of ether oxygens (including phenoxy) is 1. The van der Waals surface area contributed by atoms with Gasteiger partial charge in [0, 0.05) is 25.8 Å². The molecule has 2 N–H and O–H groups in total. The smallest absolute Gasteiger partial charge is 0.0949 e. The van der Waals surface area contributed by atoms with Crippen LogP contribution < -0.4 is 5.73 Å². The Labute approximate surface area is 90.4 Å². The van der Waals surface area contributed by atoms with Gasteiger partial charge in [-0.15, -0.1) is 0 Å². The van der Waals surface area contributed by atoms with Gasteiger partial charge in [0.15, 0.2) is 0 Å². The highest BCUT2D eigenvalue weighted by Gasteiger charge is 2.14. The van der Waals surface area contributed by atoms with Crippen LogP contribution in [0.1, 0.15) is 25.0 Å². The fourth-order valence-corrected chi connectivity index (χ4v) is 1.97. The molecule has 1 atom stereocenters. The highest BCUT2D eigenvalue weighted by molar-refractivity contribution is 4.97. The summed E-state index contributed by atoms with van der Waals surface area (Å²) in [5.74, 6) is 0. The molecule has 0 saturated carbocycles. The number of rotatable bonds is 5. The minimum Gasteiger partial charge on any atom is -0.378 e. The molecular formula is C11H19N3O. The first kappa shape index (κ1) is 10.6. The van der Waals surface area contributed by atoms with E-state index in [0.717, 1.165) is 31.7 Å². The van der Waals surface area contributed by atoms with Crippen LogP contribution in [0.4, 0.5) is 0 Å². The Hall–Kier alpha value is -0.870. The quantitative estimate of drug-likeness (QED) is 0.785. The fourth-order valence-electron chi connectivity index (χ4n) is 1.97. The average molecular weight is 209 g/mol. The predicted octanol–water partition coefficient (Wildman–Crippen LogP) is 0.953. The van der Waals surface area contributed by atoms with E-state index in [1.807, 2.05) is 6.33 Å². The zero-order valence-corrected chi connectivity index (χ0v) is 9.06. The van der Waals surface area contributed by atoms with E-state index in [1.165, 1.54) is 12.8 Å². The lowest BCUT2D eigenvalue weighted by atomic mass is 10.2. The molecule has 1 aliphatic heterocycles. The lowest BCUT2D eigenvalue weighted by Crippen LogP contribution is -2.09. The summed E-state index contributed by atoms with van der Waals surface area (Å²) >= 11 is 0. The minimum atomic E-state index is 0.463. The van der Waals surface area contributed by atoms with Gasteiger partial charge in [-0.05, 0) is 25.8 Å². The second-order valence-corrected chi connectivity index (χ2v) is 4.07. The van der Waals surface area contributed by atoms with Gasteiger partial charge < -0.3 is 15.0 Å². The number of nitrogens with zero attached hydrogens (tertiary/aromatic N) is 2. The van der Waals surface area contributed by atoms with Gasteiger partial charge in [0.2, 0.25) is 0 Å². The Balaban J connectivity index is 1.77. The number of aromatic nitrogens is 2. The number of hydrogen-bond donors (Lipinski definition) is 1. The van der Waals surface area contributed by atoms with Crippen molar-refractivity contribution in [3.05, 3.63) is 18.2 Å². The Morgan fingerprint density at radius 2 is 2.53 bits per heavy atom. The van der Waals surface area contributed by atoms with Crippen LogP contribution in [-0.4, -0.2) is 28.8 Å². The summed E-state index contributed by atoms with van der Waals surface area (Å²) < 4.78 is 7.71. The Bertz CT molecular complexity index is 292. The SMILES string of the molecule is NCCc1cn(CCC2CCCO2)cn1. The molecule has 1 unspecified atom stereocenters. The lowest BCUT2D eigenvalue weighted by Gasteiger charge is -2.08. The molecule has 1 fully saturated rings. The minimum absolute atomic E-state index is 0.463. The Kier molecular flexibility index (Phi) is 3.75. The van der Waals surface area contributed by atoms with Gasteiger partial charge in [0.25, 0.3) is 0 Å². The molecular weight excluding hydrogens is 190 g/mol. The summed E-state index contributed by atoms with van der Waals surface area (Å²) in [4.78, 5) is 4.29. The molecule has 0 bridgehead atoms. The van der Waals surface area contributed by atoms with Crippen molar-refractivity contribution in [1.29, 1.82) is 0 Å². The molecule has 84 valence electrons. The van der Waals surface area contributed by atoms with Crippen LogP contribution in [0, 0.1) is 0 Å². The summed E-state index contributed by atoms with van der Waals surface area (Å²) in [6.07, 6.45) is 8.83. The van der Waals surface area contributed by atoms with Crippen LogP contribution in [0.3, 0.4) is 0 Å². The summed E-state index contributed by atoms with van der Waals surface area (Å²) in [7, 11) is 0. The third kappa shape index (κ3) is 3.04. The van der Waals surface area contributed by atoms with Crippen molar-refractivity contribution in [2.75, 3.05) is 13.2 Å². The summed E-state index contributed by atoms with van der Waals surface area (Å²) in [6, 6.07) is 0. The van der Waals surface area contributed by atoms with Crippen molar-refractivity contribution >= 4 is 0 Å². The third-order valence-electron chi connectivity index (χ3n) is 2.82. The van der Waals surface area contributed by atoms with E-state index in [9.17, 15) is 0 Å². The highest BCUT2D eigenvalue weighted by Crippen LogP contribution is 2.15. The molecule has 15 heavy (non-hydrogen) atoms. The topological polar surface area (TPSA) is 53.1 Å². The maximum Gasteiger partial charge on any atom is 0.0949 e. The molecule has 4 nitrogen and oxygen atoms in total. The van der Waals surface area contributed by atoms with Crippen molar-refractivity contribution < 1.29 is 4.74 Å². The van der Waals surface area contributed by atoms with E-state index in [2.05, 4.69) is 15.7 Å². The van der Waals surface area contributed by atoms with Gasteiger partial charge >= 0.3 is 0 Å². The molecule has 2 rings (SSSR count). The molecule has 1 aromatic rings. The van der Waals surface area contributed by atoms with Crippen LogP contribution in [-0.2, 0) is 17.7 Å². The molecule has 0 aliphatic carbocycles. The van der Waals surface area contributed by atoms with Crippen molar-refractivity contribution in [1.82, 2.24) is 9.55 Å². The number of imidazole rings is 1. The van der Waals surface area contributed by atoms with Crippen LogP contribution in [0.5, 0.6) is 0 Å². The van der Waals surface area contributed by atoms with Gasteiger partial charge in [-0.25, -0.2) is 4.98 Å². The van der Waals surface area contributed by atoms with Gasteiger partial charge in [-0.2, -0.15) is 0 Å². The second kappa shape index (κ2) is 5.28. The van der Waals surface area contributed by atoms with Crippen molar-refractivity contribution in [2.24, 2.45) is 5.73 Å². The normalized spacial score (nSPS) is 21.0. The average Bonchev–Trinajstić information content (AvgIpc) is 2.85. The largest absolute Gasteiger partial charge is 0.378 e. The maximum absolute atomic E-state index is 5.58. The number of nitrogens with two attached hydrogens (primary N) is 1. The fraction of sp³-hybridized carbons (Fsp3) is 0.727. The van der Waals surface area contributed by atoms with Crippen LogP contribution in [0.25, 0.3) is 0 Å². The highest BCUT2D eigenvalue weighted by atomic mass is 16.5. The van der Waals surface area contributed by atoms with Gasteiger partial charge in [0.05, 0.1) is 18.1 Å². The molecule has 1 saturated heterocycles. The molecule has 1 aliphatic rings. The van der Waals surface area contributed by atoms with E-state index in [4.69, 9.17) is 10.5 Å². The second-order valence-electron chi connectivity index (χ2n) is 4.07.